The van der Waals surface area contributed by atoms with E-state index in [0.29, 0.717) is 18.1 Å². The minimum absolute atomic E-state index is 0.0587. The second-order valence-corrected chi connectivity index (χ2v) is 5.63. The van der Waals surface area contributed by atoms with Crippen molar-refractivity contribution < 1.29 is 14.3 Å². The van der Waals surface area contributed by atoms with Gasteiger partial charge < -0.3 is 20.1 Å². The Morgan fingerprint density at radius 2 is 1.74 bits per heavy atom. The molecule has 1 heterocycles. The normalized spacial score (nSPS) is 12.2. The molecule has 0 saturated heterocycles. The molecule has 0 atom stereocenters. The van der Waals surface area contributed by atoms with Crippen molar-refractivity contribution in [3.8, 4) is 11.5 Å². The molecule has 3 rings (SSSR count). The largest absolute Gasteiger partial charge is 0.454 e. The molecule has 0 radical (unpaired) electrons. The van der Waals surface area contributed by atoms with E-state index in [1.54, 1.807) is 0 Å². The van der Waals surface area contributed by atoms with E-state index in [-0.39, 0.29) is 19.2 Å². The standard InChI is InChI=1S/C17H17ClN2O3/c18-14-4-1-12(2-5-14)8-19-10-17(21)20-9-13-3-6-15-16(7-13)23-11-22-15/h1-7,19H,8-11H2,(H,20,21). The predicted molar refractivity (Wildman–Crippen MR) is 87.6 cm³/mol. The maximum atomic E-state index is 11.8. The second-order valence-electron chi connectivity index (χ2n) is 5.19. The lowest BCUT2D eigenvalue weighted by Gasteiger charge is -2.08. The topological polar surface area (TPSA) is 59.6 Å². The van der Waals surface area contributed by atoms with E-state index < -0.39 is 0 Å². The van der Waals surface area contributed by atoms with Crippen molar-refractivity contribution in [1.82, 2.24) is 10.6 Å². The molecule has 1 amide bonds. The zero-order chi connectivity index (χ0) is 16.1. The van der Waals surface area contributed by atoms with Crippen LogP contribution in [0.1, 0.15) is 11.1 Å². The highest BCUT2D eigenvalue weighted by atomic mass is 35.5. The molecule has 2 aromatic carbocycles. The number of carbonyl (C=O) groups is 1. The van der Waals surface area contributed by atoms with Crippen molar-refractivity contribution >= 4 is 17.5 Å². The van der Waals surface area contributed by atoms with Gasteiger partial charge in [-0.2, -0.15) is 0 Å². The Labute approximate surface area is 139 Å². The molecule has 5 nitrogen and oxygen atoms in total. The van der Waals surface area contributed by atoms with Crippen molar-refractivity contribution in [2.75, 3.05) is 13.3 Å². The Morgan fingerprint density at radius 1 is 1.00 bits per heavy atom. The lowest BCUT2D eigenvalue weighted by atomic mass is 10.2. The highest BCUT2D eigenvalue weighted by molar-refractivity contribution is 6.30. The summed E-state index contributed by atoms with van der Waals surface area (Å²) in [5, 5.41) is 6.67. The third-order valence-electron chi connectivity index (χ3n) is 3.45. The Kier molecular flexibility index (Phi) is 5.00. The SMILES string of the molecule is O=C(CNCc1ccc(Cl)cc1)NCc1ccc2c(c1)OCO2. The summed E-state index contributed by atoms with van der Waals surface area (Å²) in [5.74, 6) is 1.40. The molecule has 0 spiro atoms. The van der Waals surface area contributed by atoms with Crippen molar-refractivity contribution in [1.29, 1.82) is 0 Å². The zero-order valence-electron chi connectivity index (χ0n) is 12.5. The van der Waals surface area contributed by atoms with Gasteiger partial charge in [0.15, 0.2) is 11.5 Å². The van der Waals surface area contributed by atoms with Crippen LogP contribution in [0, 0.1) is 0 Å². The van der Waals surface area contributed by atoms with E-state index in [9.17, 15) is 4.79 Å². The Balaban J connectivity index is 1.40. The number of halogens is 1. The first-order valence-corrected chi connectivity index (χ1v) is 7.69. The molecule has 0 fully saturated rings. The summed E-state index contributed by atoms with van der Waals surface area (Å²) in [7, 11) is 0. The lowest BCUT2D eigenvalue weighted by molar-refractivity contribution is -0.120. The number of fused-ring (bicyclic) bond motifs is 1. The fourth-order valence-corrected chi connectivity index (χ4v) is 2.36. The Hall–Kier alpha value is -2.24. The van der Waals surface area contributed by atoms with Crippen LogP contribution in [0.15, 0.2) is 42.5 Å². The molecule has 0 bridgehead atoms. The molecule has 2 aromatic rings. The van der Waals surface area contributed by atoms with Crippen molar-refractivity contribution in [3.63, 3.8) is 0 Å². The fraction of sp³-hybridized carbons (Fsp3) is 0.235. The summed E-state index contributed by atoms with van der Waals surface area (Å²) in [6, 6.07) is 13.2. The summed E-state index contributed by atoms with van der Waals surface area (Å²) in [5.41, 5.74) is 2.05. The first kappa shape index (κ1) is 15.6. The van der Waals surface area contributed by atoms with Crippen LogP contribution in [0.25, 0.3) is 0 Å². The van der Waals surface area contributed by atoms with Crippen molar-refractivity contribution in [3.05, 3.63) is 58.6 Å². The monoisotopic (exact) mass is 332 g/mol. The summed E-state index contributed by atoms with van der Waals surface area (Å²) in [4.78, 5) is 11.8. The number of hydrogen-bond acceptors (Lipinski definition) is 4. The number of ether oxygens (including phenoxy) is 2. The van der Waals surface area contributed by atoms with Crippen molar-refractivity contribution in [2.45, 2.75) is 13.1 Å². The van der Waals surface area contributed by atoms with Crippen LogP contribution >= 0.6 is 11.6 Å². The van der Waals surface area contributed by atoms with Gasteiger partial charge in [-0.05, 0) is 35.4 Å². The van der Waals surface area contributed by atoms with E-state index in [0.717, 1.165) is 22.6 Å². The van der Waals surface area contributed by atoms with E-state index >= 15 is 0 Å². The highest BCUT2D eigenvalue weighted by Crippen LogP contribution is 2.32. The smallest absolute Gasteiger partial charge is 0.234 e. The third kappa shape index (κ3) is 4.37. The maximum Gasteiger partial charge on any atom is 0.234 e. The van der Waals surface area contributed by atoms with Gasteiger partial charge in [-0.15, -0.1) is 0 Å². The quantitative estimate of drug-likeness (QED) is 0.853. The fourth-order valence-electron chi connectivity index (χ4n) is 2.24. The third-order valence-corrected chi connectivity index (χ3v) is 3.71. The Morgan fingerprint density at radius 3 is 2.57 bits per heavy atom. The van der Waals surface area contributed by atoms with Crippen LogP contribution in [0.4, 0.5) is 0 Å². The van der Waals surface area contributed by atoms with Crippen molar-refractivity contribution in [2.24, 2.45) is 0 Å². The number of carbonyl (C=O) groups excluding carboxylic acids is 1. The Bertz CT molecular complexity index is 689. The number of nitrogens with one attached hydrogen (secondary N) is 2. The van der Waals surface area contributed by atoms with Gasteiger partial charge in [-0.3, -0.25) is 4.79 Å². The minimum atomic E-state index is -0.0587. The van der Waals surface area contributed by atoms with Gasteiger partial charge in [0.05, 0.1) is 6.54 Å². The van der Waals surface area contributed by atoms with Gasteiger partial charge in [-0.1, -0.05) is 29.8 Å². The number of rotatable bonds is 6. The van der Waals surface area contributed by atoms with E-state index in [2.05, 4.69) is 10.6 Å². The van der Waals surface area contributed by atoms with E-state index in [1.165, 1.54) is 0 Å². The van der Waals surface area contributed by atoms with Crippen LogP contribution in [-0.4, -0.2) is 19.2 Å². The molecule has 0 aromatic heterocycles. The van der Waals surface area contributed by atoms with Gasteiger partial charge in [0.1, 0.15) is 0 Å². The van der Waals surface area contributed by atoms with Crippen LogP contribution in [0.2, 0.25) is 5.02 Å². The number of amides is 1. The van der Waals surface area contributed by atoms with Gasteiger partial charge >= 0.3 is 0 Å². The van der Waals surface area contributed by atoms with Gasteiger partial charge in [0, 0.05) is 18.1 Å². The van der Waals surface area contributed by atoms with Gasteiger partial charge in [0.25, 0.3) is 0 Å². The average molecular weight is 333 g/mol. The average Bonchev–Trinajstić information content (AvgIpc) is 3.02. The molecule has 1 aliphatic heterocycles. The van der Waals surface area contributed by atoms with Crippen LogP contribution in [-0.2, 0) is 17.9 Å². The first-order chi connectivity index (χ1) is 11.2. The molecule has 1 aliphatic rings. The minimum Gasteiger partial charge on any atom is -0.454 e. The molecule has 6 heteroatoms. The number of benzene rings is 2. The van der Waals surface area contributed by atoms with Crippen LogP contribution < -0.4 is 20.1 Å². The molecule has 0 unspecified atom stereocenters. The molecular weight excluding hydrogens is 316 g/mol. The van der Waals surface area contributed by atoms with Gasteiger partial charge in [0.2, 0.25) is 12.7 Å². The summed E-state index contributed by atoms with van der Waals surface area (Å²) >= 11 is 5.83. The summed E-state index contributed by atoms with van der Waals surface area (Å²) in [6.45, 7) is 1.58. The second kappa shape index (κ2) is 7.35. The molecule has 2 N–H and O–H groups in total. The van der Waals surface area contributed by atoms with Crippen LogP contribution in [0.5, 0.6) is 11.5 Å². The molecule has 120 valence electrons. The molecule has 0 saturated carbocycles. The van der Waals surface area contributed by atoms with Gasteiger partial charge in [-0.25, -0.2) is 0 Å². The number of hydrogen-bond donors (Lipinski definition) is 2. The molecule has 23 heavy (non-hydrogen) atoms. The van der Waals surface area contributed by atoms with E-state index in [4.69, 9.17) is 21.1 Å². The van der Waals surface area contributed by atoms with Crippen LogP contribution in [0.3, 0.4) is 0 Å². The maximum absolute atomic E-state index is 11.8. The van der Waals surface area contributed by atoms with E-state index in [1.807, 2.05) is 42.5 Å². The first-order valence-electron chi connectivity index (χ1n) is 7.31. The summed E-state index contributed by atoms with van der Waals surface area (Å²) in [6.07, 6.45) is 0. The molecular formula is C17H17ClN2O3. The molecule has 0 aliphatic carbocycles. The zero-order valence-corrected chi connectivity index (χ0v) is 13.2. The highest BCUT2D eigenvalue weighted by Gasteiger charge is 2.13. The lowest BCUT2D eigenvalue weighted by Crippen LogP contribution is -2.33. The predicted octanol–water partition coefficient (Wildman–Crippen LogP) is 2.47. The summed E-state index contributed by atoms with van der Waals surface area (Å²) < 4.78 is 10.6.